The Morgan fingerprint density at radius 3 is 2.75 bits per heavy atom. The molecule has 0 radical (unpaired) electrons. The lowest BCUT2D eigenvalue weighted by Crippen LogP contribution is -2.25. The van der Waals surface area contributed by atoms with Crippen LogP contribution in [0.3, 0.4) is 0 Å². The van der Waals surface area contributed by atoms with E-state index in [-0.39, 0.29) is 12.5 Å². The topological polar surface area (TPSA) is 67.2 Å². The van der Waals surface area contributed by atoms with Crippen molar-refractivity contribution in [3.05, 3.63) is 46.7 Å². The lowest BCUT2D eigenvalue weighted by molar-refractivity contribution is 0.0950. The first-order valence-corrected chi connectivity index (χ1v) is 6.71. The molecule has 2 N–H and O–H groups in total. The highest BCUT2D eigenvalue weighted by Crippen LogP contribution is 2.15. The summed E-state index contributed by atoms with van der Waals surface area (Å²) in [6, 6.07) is 7.22. The molecule has 1 aromatic heterocycles. The SMILES string of the molecule is Cc1nn(-c2ccc(Cl)cc2)cc1C(=O)NCCCO. The number of nitrogens with one attached hydrogen (secondary N) is 1. The fourth-order valence-corrected chi connectivity index (χ4v) is 1.91. The summed E-state index contributed by atoms with van der Waals surface area (Å²) in [5.74, 6) is -0.184. The van der Waals surface area contributed by atoms with Gasteiger partial charge < -0.3 is 10.4 Å². The molecule has 0 spiro atoms. The van der Waals surface area contributed by atoms with Gasteiger partial charge in [-0.1, -0.05) is 11.6 Å². The van der Waals surface area contributed by atoms with Gasteiger partial charge in [-0.3, -0.25) is 4.79 Å². The normalized spacial score (nSPS) is 10.6. The number of hydrogen-bond acceptors (Lipinski definition) is 3. The van der Waals surface area contributed by atoms with Crippen molar-refractivity contribution in [1.82, 2.24) is 15.1 Å². The number of rotatable bonds is 5. The molecule has 2 aromatic rings. The number of carbonyl (C=O) groups excluding carboxylic acids is 1. The predicted octanol–water partition coefficient (Wildman–Crippen LogP) is 1.95. The number of aliphatic hydroxyl groups excluding tert-OH is 1. The van der Waals surface area contributed by atoms with E-state index in [1.165, 1.54) is 0 Å². The van der Waals surface area contributed by atoms with Gasteiger partial charge in [-0.15, -0.1) is 0 Å². The molecular weight excluding hydrogens is 278 g/mol. The average Bonchev–Trinajstić information content (AvgIpc) is 2.82. The molecule has 2 rings (SSSR count). The van der Waals surface area contributed by atoms with Gasteiger partial charge in [0.1, 0.15) is 0 Å². The van der Waals surface area contributed by atoms with E-state index < -0.39 is 0 Å². The average molecular weight is 294 g/mol. The van der Waals surface area contributed by atoms with E-state index in [4.69, 9.17) is 16.7 Å². The minimum atomic E-state index is -0.184. The molecule has 5 nitrogen and oxygen atoms in total. The Balaban J connectivity index is 2.16. The number of amides is 1. The van der Waals surface area contributed by atoms with Crippen molar-refractivity contribution in [1.29, 1.82) is 0 Å². The number of aliphatic hydroxyl groups is 1. The number of benzene rings is 1. The highest BCUT2D eigenvalue weighted by Gasteiger charge is 2.13. The van der Waals surface area contributed by atoms with Crippen molar-refractivity contribution in [3.63, 3.8) is 0 Å². The minimum Gasteiger partial charge on any atom is -0.396 e. The van der Waals surface area contributed by atoms with Crippen LogP contribution in [-0.4, -0.2) is 33.9 Å². The number of carbonyl (C=O) groups is 1. The van der Waals surface area contributed by atoms with Gasteiger partial charge in [-0.25, -0.2) is 4.68 Å². The second kappa shape index (κ2) is 6.54. The number of aryl methyl sites for hydroxylation is 1. The molecule has 0 aliphatic heterocycles. The van der Waals surface area contributed by atoms with Crippen molar-refractivity contribution in [2.24, 2.45) is 0 Å². The molecule has 0 fully saturated rings. The quantitative estimate of drug-likeness (QED) is 0.828. The highest BCUT2D eigenvalue weighted by atomic mass is 35.5. The van der Waals surface area contributed by atoms with Gasteiger partial charge in [-0.05, 0) is 37.6 Å². The van der Waals surface area contributed by atoms with Crippen LogP contribution in [0.5, 0.6) is 0 Å². The van der Waals surface area contributed by atoms with E-state index in [1.807, 2.05) is 12.1 Å². The van der Waals surface area contributed by atoms with E-state index in [0.717, 1.165) is 5.69 Å². The van der Waals surface area contributed by atoms with E-state index >= 15 is 0 Å². The maximum atomic E-state index is 12.0. The summed E-state index contributed by atoms with van der Waals surface area (Å²) in [5.41, 5.74) is 2.02. The van der Waals surface area contributed by atoms with Gasteiger partial charge in [-0.2, -0.15) is 5.10 Å². The lowest BCUT2D eigenvalue weighted by atomic mass is 10.2. The molecule has 106 valence electrons. The molecule has 1 heterocycles. The molecule has 0 aliphatic rings. The van der Waals surface area contributed by atoms with Crippen LogP contribution in [0, 0.1) is 6.92 Å². The van der Waals surface area contributed by atoms with Gasteiger partial charge in [0.05, 0.1) is 16.9 Å². The third-order valence-electron chi connectivity index (χ3n) is 2.86. The molecule has 0 bridgehead atoms. The van der Waals surface area contributed by atoms with Crippen molar-refractivity contribution >= 4 is 17.5 Å². The monoisotopic (exact) mass is 293 g/mol. The Kier molecular flexibility index (Phi) is 4.76. The third kappa shape index (κ3) is 3.37. The maximum absolute atomic E-state index is 12.0. The summed E-state index contributed by atoms with van der Waals surface area (Å²) >= 11 is 5.84. The molecule has 1 aromatic carbocycles. The Hall–Kier alpha value is -1.85. The maximum Gasteiger partial charge on any atom is 0.254 e. The van der Waals surface area contributed by atoms with Crippen molar-refractivity contribution in [3.8, 4) is 5.69 Å². The summed E-state index contributed by atoms with van der Waals surface area (Å²) in [7, 11) is 0. The second-order valence-corrected chi connectivity index (χ2v) is 4.82. The van der Waals surface area contributed by atoms with E-state index in [2.05, 4.69) is 10.4 Å². The first-order valence-electron chi connectivity index (χ1n) is 6.33. The zero-order valence-corrected chi connectivity index (χ0v) is 11.9. The van der Waals surface area contributed by atoms with E-state index in [9.17, 15) is 4.79 Å². The summed E-state index contributed by atoms with van der Waals surface area (Å²) in [6.45, 7) is 2.29. The molecule has 20 heavy (non-hydrogen) atoms. The van der Waals surface area contributed by atoms with Crippen molar-refractivity contribution < 1.29 is 9.90 Å². The first kappa shape index (κ1) is 14.6. The predicted molar refractivity (Wildman–Crippen MR) is 77.3 cm³/mol. The Morgan fingerprint density at radius 2 is 2.10 bits per heavy atom. The number of nitrogens with zero attached hydrogens (tertiary/aromatic N) is 2. The standard InChI is InChI=1S/C14H16ClN3O2/c1-10-13(14(20)16-7-2-8-19)9-18(17-10)12-5-3-11(15)4-6-12/h3-6,9,19H,2,7-8H2,1H3,(H,16,20). The summed E-state index contributed by atoms with van der Waals surface area (Å²) in [6.07, 6.45) is 2.23. The Bertz CT molecular complexity index is 593. The Labute approximate surface area is 122 Å². The smallest absolute Gasteiger partial charge is 0.254 e. The molecule has 0 saturated heterocycles. The van der Waals surface area contributed by atoms with Crippen molar-refractivity contribution in [2.75, 3.05) is 13.2 Å². The molecule has 6 heteroatoms. The number of halogens is 1. The van der Waals surface area contributed by atoms with Crippen LogP contribution in [0.15, 0.2) is 30.5 Å². The highest BCUT2D eigenvalue weighted by molar-refractivity contribution is 6.30. The van der Waals surface area contributed by atoms with Crippen LogP contribution in [0.1, 0.15) is 22.5 Å². The van der Waals surface area contributed by atoms with Gasteiger partial charge in [0.15, 0.2) is 0 Å². The zero-order chi connectivity index (χ0) is 14.5. The summed E-state index contributed by atoms with van der Waals surface area (Å²) in [4.78, 5) is 12.0. The van der Waals surface area contributed by atoms with Crippen LogP contribution < -0.4 is 5.32 Å². The lowest BCUT2D eigenvalue weighted by Gasteiger charge is -2.02. The first-order chi connectivity index (χ1) is 9.61. The number of aromatic nitrogens is 2. The minimum absolute atomic E-state index is 0.0588. The summed E-state index contributed by atoms with van der Waals surface area (Å²) < 4.78 is 1.65. The van der Waals surface area contributed by atoms with Crippen LogP contribution in [0.4, 0.5) is 0 Å². The summed E-state index contributed by atoms with van der Waals surface area (Å²) in [5, 5.41) is 16.4. The van der Waals surface area contributed by atoms with Crippen LogP contribution in [0.2, 0.25) is 5.02 Å². The molecule has 0 saturated carbocycles. The van der Waals surface area contributed by atoms with Crippen molar-refractivity contribution in [2.45, 2.75) is 13.3 Å². The van der Waals surface area contributed by atoms with Crippen LogP contribution in [0.25, 0.3) is 5.69 Å². The van der Waals surface area contributed by atoms with Crippen LogP contribution >= 0.6 is 11.6 Å². The van der Waals surface area contributed by atoms with E-state index in [1.54, 1.807) is 29.9 Å². The van der Waals surface area contributed by atoms with Gasteiger partial charge >= 0.3 is 0 Å². The molecule has 0 aliphatic carbocycles. The van der Waals surface area contributed by atoms with Gasteiger partial charge in [0.25, 0.3) is 5.91 Å². The fraction of sp³-hybridized carbons (Fsp3) is 0.286. The molecule has 1 amide bonds. The largest absolute Gasteiger partial charge is 0.396 e. The Morgan fingerprint density at radius 1 is 1.40 bits per heavy atom. The van der Waals surface area contributed by atoms with Gasteiger partial charge in [0, 0.05) is 24.4 Å². The van der Waals surface area contributed by atoms with E-state index in [0.29, 0.717) is 29.2 Å². The molecule has 0 atom stereocenters. The molecule has 0 unspecified atom stereocenters. The number of hydrogen-bond donors (Lipinski definition) is 2. The zero-order valence-electron chi connectivity index (χ0n) is 11.1. The second-order valence-electron chi connectivity index (χ2n) is 4.38. The molecular formula is C14H16ClN3O2. The van der Waals surface area contributed by atoms with Crippen LogP contribution in [-0.2, 0) is 0 Å². The fourth-order valence-electron chi connectivity index (χ4n) is 1.79. The third-order valence-corrected chi connectivity index (χ3v) is 3.11. The van der Waals surface area contributed by atoms with Gasteiger partial charge in [0.2, 0.25) is 0 Å².